The summed E-state index contributed by atoms with van der Waals surface area (Å²) in [6.07, 6.45) is 16.7. The number of hydrogen-bond donors (Lipinski definition) is 0. The second-order valence-corrected chi connectivity index (χ2v) is 15.1. The molecule has 6 nitrogen and oxygen atoms in total. The fourth-order valence-electron chi connectivity index (χ4n) is 9.91. The monoisotopic (exact) mass is 554 g/mol. The molecule has 2 saturated heterocycles. The van der Waals surface area contributed by atoms with Gasteiger partial charge in [0.2, 0.25) is 23.6 Å². The van der Waals surface area contributed by atoms with Gasteiger partial charge in [-0.3, -0.25) is 29.0 Å². The minimum Gasteiger partial charge on any atom is -0.285 e. The van der Waals surface area contributed by atoms with Gasteiger partial charge in [0.15, 0.2) is 0 Å². The van der Waals surface area contributed by atoms with E-state index in [1.165, 1.54) is 43.4 Å². The first kappa shape index (κ1) is 29.8. The van der Waals surface area contributed by atoms with Crippen LogP contribution in [0.4, 0.5) is 0 Å². The molecule has 0 aromatic rings. The Hall–Kier alpha value is -1.72. The van der Waals surface area contributed by atoms with Crippen LogP contribution in [0.5, 0.6) is 0 Å². The van der Waals surface area contributed by atoms with Crippen LogP contribution in [-0.4, -0.2) is 46.5 Å². The lowest BCUT2D eigenvalue weighted by molar-refractivity contribution is -0.149. The lowest BCUT2D eigenvalue weighted by atomic mass is 9.59. The zero-order valence-electron chi connectivity index (χ0n) is 25.9. The highest BCUT2D eigenvalue weighted by molar-refractivity contribution is 6.09. The van der Waals surface area contributed by atoms with Crippen molar-refractivity contribution in [3.05, 3.63) is 0 Å². The Bertz CT molecular complexity index is 1010. The quantitative estimate of drug-likeness (QED) is 0.246. The number of hydrogen-bond acceptors (Lipinski definition) is 4. The van der Waals surface area contributed by atoms with Crippen LogP contribution >= 0.6 is 0 Å². The standard InChI is InChI=1S/C34H54N2O4/c1-6-8-9-10-11-14-23-27-24(29(37)35(5)31(27)39)19-25-28(23)32(40)36(30(25)38)26-21-33(3)16-12-13-17-34(26,4)18-15-22(7-2)20-33/h22-28H,6-21H2,1-5H3. The van der Waals surface area contributed by atoms with Crippen molar-refractivity contribution in [1.82, 2.24) is 9.80 Å². The van der Waals surface area contributed by atoms with E-state index in [4.69, 9.17) is 0 Å². The summed E-state index contributed by atoms with van der Waals surface area (Å²) in [5, 5.41) is 0. The lowest BCUT2D eigenvalue weighted by Crippen LogP contribution is -2.54. The molecule has 3 saturated carbocycles. The van der Waals surface area contributed by atoms with Crippen molar-refractivity contribution >= 4 is 23.6 Å². The largest absolute Gasteiger partial charge is 0.285 e. The van der Waals surface area contributed by atoms with E-state index in [-0.39, 0.29) is 46.4 Å². The van der Waals surface area contributed by atoms with Gasteiger partial charge in [0.05, 0.1) is 23.7 Å². The zero-order chi connectivity index (χ0) is 28.8. The maximum absolute atomic E-state index is 14.6. The summed E-state index contributed by atoms with van der Waals surface area (Å²) in [5.74, 6) is -1.63. The molecular weight excluding hydrogens is 500 g/mol. The van der Waals surface area contributed by atoms with E-state index in [1.54, 1.807) is 11.9 Å². The number of nitrogens with zero attached hydrogens (tertiary/aromatic N) is 2. The van der Waals surface area contributed by atoms with Gasteiger partial charge in [-0.1, -0.05) is 79.1 Å². The number of imide groups is 2. The van der Waals surface area contributed by atoms with Gasteiger partial charge < -0.3 is 0 Å². The molecule has 2 aliphatic heterocycles. The molecule has 2 bridgehead atoms. The second-order valence-electron chi connectivity index (χ2n) is 15.1. The summed E-state index contributed by atoms with van der Waals surface area (Å²) < 4.78 is 0. The normalized spacial score (nSPS) is 42.0. The topological polar surface area (TPSA) is 74.8 Å². The van der Waals surface area contributed by atoms with Crippen molar-refractivity contribution in [2.24, 2.45) is 46.3 Å². The fraction of sp³-hybridized carbons (Fsp3) is 0.882. The molecule has 0 aromatic heterocycles. The van der Waals surface area contributed by atoms with Crippen LogP contribution < -0.4 is 0 Å². The molecule has 5 fully saturated rings. The number of carbonyl (C=O) groups is 4. The van der Waals surface area contributed by atoms with E-state index in [2.05, 4.69) is 27.7 Å². The highest BCUT2D eigenvalue weighted by Crippen LogP contribution is 2.57. The molecule has 3 aliphatic carbocycles. The number of rotatable bonds is 8. The van der Waals surface area contributed by atoms with Crippen LogP contribution in [-0.2, 0) is 19.2 Å². The Balaban J connectivity index is 1.48. The Kier molecular flexibility index (Phi) is 8.57. The third-order valence-corrected chi connectivity index (χ3v) is 12.3. The lowest BCUT2D eigenvalue weighted by Gasteiger charge is -2.51. The fourth-order valence-corrected chi connectivity index (χ4v) is 9.91. The van der Waals surface area contributed by atoms with E-state index in [1.807, 2.05) is 0 Å². The zero-order valence-corrected chi connectivity index (χ0v) is 25.9. The smallest absolute Gasteiger partial charge is 0.233 e. The average Bonchev–Trinajstić information content (AvgIpc) is 3.30. The molecule has 9 unspecified atom stereocenters. The summed E-state index contributed by atoms with van der Waals surface area (Å²) in [4.78, 5) is 58.6. The van der Waals surface area contributed by atoms with Gasteiger partial charge >= 0.3 is 0 Å². The van der Waals surface area contributed by atoms with Gasteiger partial charge in [0.25, 0.3) is 0 Å². The molecule has 5 rings (SSSR count). The minimum atomic E-state index is -0.454. The van der Waals surface area contributed by atoms with Crippen molar-refractivity contribution in [2.75, 3.05) is 7.05 Å². The maximum Gasteiger partial charge on any atom is 0.233 e. The van der Waals surface area contributed by atoms with E-state index >= 15 is 0 Å². The molecule has 0 aromatic carbocycles. The Labute approximate surface area is 242 Å². The number of fused-ring (bicyclic) bond motifs is 5. The van der Waals surface area contributed by atoms with Crippen molar-refractivity contribution in [2.45, 2.75) is 136 Å². The Morgan fingerprint density at radius 2 is 1.45 bits per heavy atom. The van der Waals surface area contributed by atoms with E-state index in [0.717, 1.165) is 57.8 Å². The third-order valence-electron chi connectivity index (χ3n) is 12.3. The van der Waals surface area contributed by atoms with Crippen LogP contribution in [0.2, 0.25) is 0 Å². The van der Waals surface area contributed by atoms with Gasteiger partial charge in [0, 0.05) is 13.1 Å². The molecule has 0 spiro atoms. The average molecular weight is 555 g/mol. The molecule has 0 radical (unpaired) electrons. The Morgan fingerprint density at radius 3 is 2.17 bits per heavy atom. The Morgan fingerprint density at radius 1 is 0.775 bits per heavy atom. The van der Waals surface area contributed by atoms with Crippen LogP contribution in [0.3, 0.4) is 0 Å². The highest BCUT2D eigenvalue weighted by Gasteiger charge is 2.65. The van der Waals surface area contributed by atoms with Crippen molar-refractivity contribution in [3.8, 4) is 0 Å². The summed E-state index contributed by atoms with van der Waals surface area (Å²) in [5.41, 5.74) is 0.0529. The molecule has 40 heavy (non-hydrogen) atoms. The highest BCUT2D eigenvalue weighted by atomic mass is 16.2. The number of unbranched alkanes of at least 4 members (excludes halogenated alkanes) is 4. The maximum atomic E-state index is 14.6. The van der Waals surface area contributed by atoms with Crippen LogP contribution in [0.1, 0.15) is 130 Å². The SMILES string of the molecule is CCCCCCCC1C2C(=O)N(C)C(=O)C2CC2C(=O)N(C3CC4(C)CCCCC3(C)CCC(CC)C4)C(=O)C21. The van der Waals surface area contributed by atoms with Gasteiger partial charge in [-0.15, -0.1) is 0 Å². The number of likely N-dealkylation sites (tertiary alicyclic amines) is 2. The predicted molar refractivity (Wildman–Crippen MR) is 156 cm³/mol. The minimum absolute atomic E-state index is 0.0198. The third kappa shape index (κ3) is 5.08. The van der Waals surface area contributed by atoms with Crippen LogP contribution in [0, 0.1) is 46.3 Å². The first-order chi connectivity index (χ1) is 19.0. The first-order valence-electron chi connectivity index (χ1n) is 16.7. The van der Waals surface area contributed by atoms with Gasteiger partial charge in [0.1, 0.15) is 0 Å². The molecule has 224 valence electrons. The molecular formula is C34H54N2O4. The molecule has 0 N–H and O–H groups in total. The van der Waals surface area contributed by atoms with Gasteiger partial charge in [-0.2, -0.15) is 0 Å². The molecule has 9 atom stereocenters. The summed E-state index contributed by atoms with van der Waals surface area (Å²) >= 11 is 0. The molecule has 6 heteroatoms. The molecule has 2 heterocycles. The van der Waals surface area contributed by atoms with E-state index in [0.29, 0.717) is 12.3 Å². The first-order valence-corrected chi connectivity index (χ1v) is 16.7. The van der Waals surface area contributed by atoms with Crippen LogP contribution in [0.15, 0.2) is 0 Å². The van der Waals surface area contributed by atoms with E-state index in [9.17, 15) is 19.2 Å². The number of amides is 4. The van der Waals surface area contributed by atoms with Gasteiger partial charge in [-0.25, -0.2) is 0 Å². The van der Waals surface area contributed by atoms with Crippen molar-refractivity contribution in [1.29, 1.82) is 0 Å². The number of carbonyl (C=O) groups excluding carboxylic acids is 4. The van der Waals surface area contributed by atoms with Crippen LogP contribution in [0.25, 0.3) is 0 Å². The summed E-state index contributed by atoms with van der Waals surface area (Å²) in [6.45, 7) is 9.27. The summed E-state index contributed by atoms with van der Waals surface area (Å²) in [7, 11) is 1.58. The van der Waals surface area contributed by atoms with Crippen molar-refractivity contribution < 1.29 is 19.2 Å². The molecule has 4 amide bonds. The van der Waals surface area contributed by atoms with Gasteiger partial charge in [-0.05, 0) is 74.0 Å². The molecule has 5 aliphatic rings. The predicted octanol–water partition coefficient (Wildman–Crippen LogP) is 6.75. The summed E-state index contributed by atoms with van der Waals surface area (Å²) in [6, 6.07) is -0.0830. The van der Waals surface area contributed by atoms with E-state index < -0.39 is 23.7 Å². The second kappa shape index (κ2) is 11.5. The van der Waals surface area contributed by atoms with Crippen molar-refractivity contribution in [3.63, 3.8) is 0 Å².